The number of methoxy groups -OCH3 is 1. The monoisotopic (exact) mass is 290 g/mol. The molecule has 0 aliphatic heterocycles. The Morgan fingerprint density at radius 2 is 2.00 bits per heavy atom. The first kappa shape index (κ1) is 15.7. The summed E-state index contributed by atoms with van der Waals surface area (Å²) in [5.74, 6) is 0.511. The van der Waals surface area contributed by atoms with E-state index in [0.717, 1.165) is 43.5 Å². The van der Waals surface area contributed by atoms with Crippen molar-refractivity contribution in [2.45, 2.75) is 51.5 Å². The molecule has 21 heavy (non-hydrogen) atoms. The molecule has 0 spiro atoms. The molecule has 1 aliphatic rings. The highest BCUT2D eigenvalue weighted by Crippen LogP contribution is 2.39. The van der Waals surface area contributed by atoms with E-state index in [1.807, 2.05) is 24.3 Å². The van der Waals surface area contributed by atoms with Crippen LogP contribution in [0.2, 0.25) is 0 Å². The van der Waals surface area contributed by atoms with Crippen LogP contribution in [0.5, 0.6) is 5.75 Å². The van der Waals surface area contributed by atoms with Gasteiger partial charge in [0.05, 0.1) is 7.11 Å². The van der Waals surface area contributed by atoms with Crippen molar-refractivity contribution in [3.8, 4) is 5.75 Å². The van der Waals surface area contributed by atoms with E-state index in [9.17, 15) is 4.79 Å². The molecule has 4 nitrogen and oxygen atoms in total. The average molecular weight is 290 g/mol. The summed E-state index contributed by atoms with van der Waals surface area (Å²) in [6.45, 7) is 4.52. The lowest BCUT2D eigenvalue weighted by molar-refractivity contribution is -0.122. The maximum Gasteiger partial charge on any atom is 0.243 e. The average Bonchev–Trinajstić information content (AvgIpc) is 2.59. The van der Waals surface area contributed by atoms with E-state index in [4.69, 9.17) is 10.5 Å². The molecule has 0 radical (unpaired) electrons. The van der Waals surface area contributed by atoms with E-state index >= 15 is 0 Å². The molecule has 1 aromatic carbocycles. The highest BCUT2D eigenvalue weighted by Gasteiger charge is 2.40. The lowest BCUT2D eigenvalue weighted by Crippen LogP contribution is -2.50. The number of carbonyl (C=O) groups is 1. The summed E-state index contributed by atoms with van der Waals surface area (Å²) in [4.78, 5) is 12.1. The number of nitrogens with two attached hydrogens (primary N) is 1. The number of benzene rings is 1. The maximum atomic E-state index is 12.1. The fraction of sp³-hybridized carbons (Fsp3) is 0.588. The summed E-state index contributed by atoms with van der Waals surface area (Å²) >= 11 is 0. The lowest BCUT2D eigenvalue weighted by Gasteiger charge is -2.32. The van der Waals surface area contributed by atoms with Gasteiger partial charge in [-0.05, 0) is 43.2 Å². The van der Waals surface area contributed by atoms with Crippen molar-refractivity contribution in [2.24, 2.45) is 11.1 Å². The summed E-state index contributed by atoms with van der Waals surface area (Å²) in [7, 11) is 1.64. The Kier molecular flexibility index (Phi) is 4.45. The Hall–Kier alpha value is -1.71. The van der Waals surface area contributed by atoms with Gasteiger partial charge >= 0.3 is 0 Å². The Morgan fingerprint density at radius 3 is 2.67 bits per heavy atom. The van der Waals surface area contributed by atoms with E-state index < -0.39 is 5.54 Å². The minimum atomic E-state index is -0.653. The number of hydrogen-bond donors (Lipinski definition) is 2. The van der Waals surface area contributed by atoms with Crippen LogP contribution in [-0.4, -0.2) is 18.6 Å². The number of ether oxygens (including phenoxy) is 1. The van der Waals surface area contributed by atoms with Gasteiger partial charge in [-0.15, -0.1) is 0 Å². The van der Waals surface area contributed by atoms with Gasteiger partial charge in [0.1, 0.15) is 11.3 Å². The SMILES string of the molecule is COc1cccc(NC2(C(N)=O)CCCC(C)(C)CC2)c1. The molecule has 0 saturated heterocycles. The van der Waals surface area contributed by atoms with Crippen LogP contribution in [0.15, 0.2) is 24.3 Å². The van der Waals surface area contributed by atoms with Crippen LogP contribution >= 0.6 is 0 Å². The molecule has 1 atom stereocenters. The first-order valence-corrected chi connectivity index (χ1v) is 7.59. The molecule has 3 N–H and O–H groups in total. The molecule has 1 saturated carbocycles. The number of primary amides is 1. The molecular formula is C17H26N2O2. The zero-order valence-corrected chi connectivity index (χ0v) is 13.2. The minimum absolute atomic E-state index is 0.261. The number of anilines is 1. The number of hydrogen-bond acceptors (Lipinski definition) is 3. The highest BCUT2D eigenvalue weighted by molar-refractivity contribution is 5.88. The Labute approximate surface area is 127 Å². The van der Waals surface area contributed by atoms with Gasteiger partial charge in [-0.1, -0.05) is 26.3 Å². The van der Waals surface area contributed by atoms with Crippen LogP contribution in [0.4, 0.5) is 5.69 Å². The predicted octanol–water partition coefficient (Wildman–Crippen LogP) is 3.32. The second-order valence-corrected chi connectivity index (χ2v) is 6.82. The van der Waals surface area contributed by atoms with Gasteiger partial charge in [-0.3, -0.25) is 4.79 Å². The Balaban J connectivity index is 2.24. The van der Waals surface area contributed by atoms with Crippen molar-refractivity contribution in [3.63, 3.8) is 0 Å². The van der Waals surface area contributed by atoms with Crippen molar-refractivity contribution in [2.75, 3.05) is 12.4 Å². The number of carbonyl (C=O) groups excluding carboxylic acids is 1. The van der Waals surface area contributed by atoms with Crippen molar-refractivity contribution in [1.29, 1.82) is 0 Å². The van der Waals surface area contributed by atoms with Crippen LogP contribution < -0.4 is 15.8 Å². The molecule has 116 valence electrons. The molecule has 1 aromatic rings. The van der Waals surface area contributed by atoms with Gasteiger partial charge in [0, 0.05) is 11.8 Å². The third-order valence-corrected chi connectivity index (χ3v) is 4.61. The molecule has 1 fully saturated rings. The van der Waals surface area contributed by atoms with Gasteiger partial charge in [0.15, 0.2) is 0 Å². The molecule has 0 bridgehead atoms. The fourth-order valence-corrected chi connectivity index (χ4v) is 3.08. The van der Waals surface area contributed by atoms with E-state index in [2.05, 4.69) is 19.2 Å². The van der Waals surface area contributed by atoms with Crippen LogP contribution in [0, 0.1) is 5.41 Å². The Morgan fingerprint density at radius 1 is 1.24 bits per heavy atom. The smallest absolute Gasteiger partial charge is 0.243 e. The van der Waals surface area contributed by atoms with Crippen LogP contribution in [0.3, 0.4) is 0 Å². The third-order valence-electron chi connectivity index (χ3n) is 4.61. The highest BCUT2D eigenvalue weighted by atomic mass is 16.5. The van der Waals surface area contributed by atoms with E-state index in [0.29, 0.717) is 0 Å². The molecule has 0 aromatic heterocycles. The van der Waals surface area contributed by atoms with E-state index in [1.165, 1.54) is 0 Å². The summed E-state index contributed by atoms with van der Waals surface area (Å²) in [6.07, 6.45) is 4.68. The number of rotatable bonds is 4. The summed E-state index contributed by atoms with van der Waals surface area (Å²) < 4.78 is 5.24. The minimum Gasteiger partial charge on any atom is -0.497 e. The van der Waals surface area contributed by atoms with Gasteiger partial charge < -0.3 is 15.8 Å². The van der Waals surface area contributed by atoms with Crippen LogP contribution in [0.25, 0.3) is 0 Å². The van der Waals surface area contributed by atoms with Crippen LogP contribution in [0.1, 0.15) is 46.0 Å². The van der Waals surface area contributed by atoms with Gasteiger partial charge in [0.25, 0.3) is 0 Å². The van der Waals surface area contributed by atoms with Crippen molar-refractivity contribution in [3.05, 3.63) is 24.3 Å². The summed E-state index contributed by atoms with van der Waals surface area (Å²) in [5.41, 5.74) is 6.25. The zero-order valence-electron chi connectivity index (χ0n) is 13.2. The number of amides is 1. The van der Waals surface area contributed by atoms with Gasteiger partial charge in [-0.2, -0.15) is 0 Å². The predicted molar refractivity (Wildman–Crippen MR) is 85.4 cm³/mol. The zero-order chi connectivity index (χ0) is 15.5. The Bertz CT molecular complexity index is 513. The van der Waals surface area contributed by atoms with Crippen molar-refractivity contribution >= 4 is 11.6 Å². The summed E-state index contributed by atoms with van der Waals surface area (Å²) in [5, 5.41) is 3.39. The molecular weight excluding hydrogens is 264 g/mol. The fourth-order valence-electron chi connectivity index (χ4n) is 3.08. The second kappa shape index (κ2) is 5.96. The molecule has 1 aliphatic carbocycles. The van der Waals surface area contributed by atoms with E-state index in [1.54, 1.807) is 7.11 Å². The lowest BCUT2D eigenvalue weighted by atomic mass is 9.83. The normalized spacial score (nSPS) is 24.9. The van der Waals surface area contributed by atoms with Crippen molar-refractivity contribution in [1.82, 2.24) is 0 Å². The maximum absolute atomic E-state index is 12.1. The molecule has 1 amide bonds. The van der Waals surface area contributed by atoms with Crippen LogP contribution in [-0.2, 0) is 4.79 Å². The molecule has 0 heterocycles. The standard InChI is InChI=1S/C17H26N2O2/c1-16(2)8-5-9-17(11-10-16,15(18)20)19-13-6-4-7-14(12-13)21-3/h4,6-7,12,19H,5,8-11H2,1-3H3,(H2,18,20). The van der Waals surface area contributed by atoms with Crippen molar-refractivity contribution < 1.29 is 9.53 Å². The topological polar surface area (TPSA) is 64.3 Å². The molecule has 2 rings (SSSR count). The second-order valence-electron chi connectivity index (χ2n) is 6.82. The molecule has 4 heteroatoms. The van der Waals surface area contributed by atoms with Gasteiger partial charge in [0.2, 0.25) is 5.91 Å². The first-order chi connectivity index (χ1) is 9.87. The summed E-state index contributed by atoms with van der Waals surface area (Å²) in [6, 6.07) is 7.65. The third kappa shape index (κ3) is 3.69. The molecule has 1 unspecified atom stereocenters. The first-order valence-electron chi connectivity index (χ1n) is 7.59. The van der Waals surface area contributed by atoms with Gasteiger partial charge in [-0.25, -0.2) is 0 Å². The van der Waals surface area contributed by atoms with E-state index in [-0.39, 0.29) is 11.3 Å². The quantitative estimate of drug-likeness (QED) is 0.836. The number of nitrogens with one attached hydrogen (secondary N) is 1. The largest absolute Gasteiger partial charge is 0.497 e.